The van der Waals surface area contributed by atoms with Crippen molar-refractivity contribution in [3.63, 3.8) is 0 Å². The fourth-order valence-corrected chi connectivity index (χ4v) is 4.04. The van der Waals surface area contributed by atoms with Gasteiger partial charge in [-0.05, 0) is 65.2 Å². The SMILES string of the molecule is CN=C(NCCCC(=O)OC1CCCC1)NC1CCCC(C(=O)NC(C)C)C1.I. The zero-order chi connectivity index (χ0) is 20.4. The molecule has 2 fully saturated rings. The van der Waals surface area contributed by atoms with Crippen LogP contribution >= 0.6 is 24.0 Å². The zero-order valence-electron chi connectivity index (χ0n) is 18.2. The van der Waals surface area contributed by atoms with E-state index < -0.39 is 0 Å². The third-order valence-corrected chi connectivity index (χ3v) is 5.49. The number of nitrogens with zero attached hydrogens (tertiary/aromatic N) is 1. The molecule has 2 unspecified atom stereocenters. The molecule has 0 radical (unpaired) electrons. The number of amides is 1. The van der Waals surface area contributed by atoms with E-state index in [-0.39, 0.29) is 60.0 Å². The molecule has 0 bridgehead atoms. The first-order valence-corrected chi connectivity index (χ1v) is 10.9. The summed E-state index contributed by atoms with van der Waals surface area (Å²) in [4.78, 5) is 28.4. The maximum Gasteiger partial charge on any atom is 0.306 e. The fourth-order valence-electron chi connectivity index (χ4n) is 4.04. The summed E-state index contributed by atoms with van der Waals surface area (Å²) in [5.41, 5.74) is 0. The highest BCUT2D eigenvalue weighted by molar-refractivity contribution is 14.0. The van der Waals surface area contributed by atoms with Crippen molar-refractivity contribution in [3.05, 3.63) is 0 Å². The Morgan fingerprint density at radius 3 is 2.48 bits per heavy atom. The lowest BCUT2D eigenvalue weighted by molar-refractivity contribution is -0.148. The highest BCUT2D eigenvalue weighted by atomic mass is 127. The first kappa shape index (κ1) is 26.0. The summed E-state index contributed by atoms with van der Waals surface area (Å²) in [6, 6.07) is 0.422. The van der Waals surface area contributed by atoms with E-state index in [2.05, 4.69) is 20.9 Å². The Labute approximate surface area is 192 Å². The quantitative estimate of drug-likeness (QED) is 0.150. The van der Waals surface area contributed by atoms with Crippen molar-refractivity contribution in [2.24, 2.45) is 10.9 Å². The lowest BCUT2D eigenvalue weighted by Gasteiger charge is -2.30. The van der Waals surface area contributed by atoms with E-state index in [4.69, 9.17) is 4.74 Å². The van der Waals surface area contributed by atoms with Crippen LogP contribution in [0.2, 0.25) is 0 Å². The molecule has 2 rings (SSSR count). The number of hydrogen-bond acceptors (Lipinski definition) is 4. The van der Waals surface area contributed by atoms with Crippen molar-refractivity contribution >= 4 is 41.8 Å². The second-order valence-corrected chi connectivity index (χ2v) is 8.37. The number of guanidine groups is 1. The molecule has 3 N–H and O–H groups in total. The molecule has 0 aromatic rings. The largest absolute Gasteiger partial charge is 0.462 e. The van der Waals surface area contributed by atoms with Crippen LogP contribution in [0.1, 0.15) is 78.1 Å². The van der Waals surface area contributed by atoms with Gasteiger partial charge in [-0.1, -0.05) is 6.42 Å². The van der Waals surface area contributed by atoms with Crippen LogP contribution in [0, 0.1) is 5.92 Å². The van der Waals surface area contributed by atoms with Gasteiger partial charge in [0, 0.05) is 38.0 Å². The van der Waals surface area contributed by atoms with Crippen LogP contribution in [-0.2, 0) is 14.3 Å². The molecule has 2 atom stereocenters. The van der Waals surface area contributed by atoms with E-state index in [0.29, 0.717) is 13.0 Å². The molecule has 1 amide bonds. The smallest absolute Gasteiger partial charge is 0.306 e. The molecule has 2 saturated carbocycles. The second-order valence-electron chi connectivity index (χ2n) is 8.37. The summed E-state index contributed by atoms with van der Waals surface area (Å²) < 4.78 is 5.48. The predicted octanol–water partition coefficient (Wildman–Crippen LogP) is 3.12. The molecular formula is C21H39IN4O3. The van der Waals surface area contributed by atoms with Gasteiger partial charge in [-0.15, -0.1) is 24.0 Å². The summed E-state index contributed by atoms with van der Waals surface area (Å²) in [6.45, 7) is 4.65. The van der Waals surface area contributed by atoms with Crippen LogP contribution < -0.4 is 16.0 Å². The number of esters is 1. The monoisotopic (exact) mass is 522 g/mol. The van der Waals surface area contributed by atoms with E-state index in [1.165, 1.54) is 12.8 Å². The Morgan fingerprint density at radius 2 is 1.83 bits per heavy atom. The van der Waals surface area contributed by atoms with Gasteiger partial charge in [0.25, 0.3) is 0 Å². The number of carbonyl (C=O) groups is 2. The molecule has 7 nitrogen and oxygen atoms in total. The molecule has 168 valence electrons. The van der Waals surface area contributed by atoms with Gasteiger partial charge < -0.3 is 20.7 Å². The summed E-state index contributed by atoms with van der Waals surface area (Å²) in [7, 11) is 1.75. The number of nitrogens with one attached hydrogen (secondary N) is 3. The van der Waals surface area contributed by atoms with Crippen molar-refractivity contribution in [2.45, 2.75) is 96.2 Å². The van der Waals surface area contributed by atoms with Crippen molar-refractivity contribution in [3.8, 4) is 0 Å². The number of halogens is 1. The number of aliphatic imine (C=N–C) groups is 1. The molecule has 8 heteroatoms. The van der Waals surface area contributed by atoms with Crippen molar-refractivity contribution in [1.82, 2.24) is 16.0 Å². The molecule has 0 aromatic heterocycles. The van der Waals surface area contributed by atoms with Gasteiger partial charge in [-0.25, -0.2) is 0 Å². The minimum Gasteiger partial charge on any atom is -0.462 e. The minimum atomic E-state index is -0.0945. The molecular weight excluding hydrogens is 483 g/mol. The van der Waals surface area contributed by atoms with Gasteiger partial charge in [0.2, 0.25) is 5.91 Å². The molecule has 0 spiro atoms. The first-order valence-electron chi connectivity index (χ1n) is 10.9. The van der Waals surface area contributed by atoms with Crippen LogP contribution in [0.15, 0.2) is 4.99 Å². The lowest BCUT2D eigenvalue weighted by Crippen LogP contribution is -2.47. The van der Waals surface area contributed by atoms with Crippen LogP contribution in [0.3, 0.4) is 0 Å². The van der Waals surface area contributed by atoms with Crippen molar-refractivity contribution in [2.75, 3.05) is 13.6 Å². The van der Waals surface area contributed by atoms with Crippen LogP contribution in [0.4, 0.5) is 0 Å². The van der Waals surface area contributed by atoms with E-state index in [1.54, 1.807) is 7.05 Å². The Bertz CT molecular complexity index is 536. The molecule has 2 aliphatic rings. The normalized spacial score (nSPS) is 22.7. The minimum absolute atomic E-state index is 0. The molecule has 2 aliphatic carbocycles. The Kier molecular flexibility index (Phi) is 12.6. The molecule has 0 aromatic carbocycles. The molecule has 29 heavy (non-hydrogen) atoms. The lowest BCUT2D eigenvalue weighted by atomic mass is 9.85. The summed E-state index contributed by atoms with van der Waals surface area (Å²) in [5, 5.41) is 9.73. The molecule has 0 saturated heterocycles. The van der Waals surface area contributed by atoms with Crippen LogP contribution in [0.5, 0.6) is 0 Å². The first-order chi connectivity index (χ1) is 13.5. The summed E-state index contributed by atoms with van der Waals surface area (Å²) >= 11 is 0. The average molecular weight is 522 g/mol. The Balaban J connectivity index is 0.00000420. The standard InChI is InChI=1S/C21H38N4O3.HI/c1-15(2)24-20(27)16-8-6-9-17(14-16)25-21(22-3)23-13-7-12-19(26)28-18-10-4-5-11-18;/h15-18H,4-14H2,1-3H3,(H,24,27)(H2,22,23,25);1H. The number of rotatable bonds is 8. The predicted molar refractivity (Wildman–Crippen MR) is 127 cm³/mol. The van der Waals surface area contributed by atoms with Gasteiger partial charge in [0.15, 0.2) is 5.96 Å². The van der Waals surface area contributed by atoms with Gasteiger partial charge in [0.05, 0.1) is 0 Å². The maximum atomic E-state index is 12.3. The van der Waals surface area contributed by atoms with Crippen LogP contribution in [0.25, 0.3) is 0 Å². The Morgan fingerprint density at radius 1 is 1.10 bits per heavy atom. The summed E-state index contributed by atoms with van der Waals surface area (Å²) in [5.74, 6) is 0.865. The van der Waals surface area contributed by atoms with E-state index in [1.807, 2.05) is 13.8 Å². The number of ether oxygens (including phenoxy) is 1. The van der Waals surface area contributed by atoms with E-state index in [9.17, 15) is 9.59 Å². The Hall–Kier alpha value is -1.06. The topological polar surface area (TPSA) is 91.8 Å². The van der Waals surface area contributed by atoms with Gasteiger partial charge >= 0.3 is 5.97 Å². The highest BCUT2D eigenvalue weighted by Gasteiger charge is 2.28. The third-order valence-electron chi connectivity index (χ3n) is 5.49. The number of carbonyl (C=O) groups excluding carboxylic acids is 2. The maximum absolute atomic E-state index is 12.3. The third kappa shape index (κ3) is 10.00. The molecule has 0 aliphatic heterocycles. The molecule has 0 heterocycles. The highest BCUT2D eigenvalue weighted by Crippen LogP contribution is 2.24. The van der Waals surface area contributed by atoms with Crippen LogP contribution in [-0.4, -0.2) is 49.6 Å². The number of hydrogen-bond donors (Lipinski definition) is 3. The summed E-state index contributed by atoms with van der Waals surface area (Å²) in [6.07, 6.45) is 9.51. The van der Waals surface area contributed by atoms with Gasteiger partial charge in [-0.2, -0.15) is 0 Å². The van der Waals surface area contributed by atoms with Gasteiger partial charge in [-0.3, -0.25) is 14.6 Å². The average Bonchev–Trinajstić information content (AvgIpc) is 3.16. The second kappa shape index (κ2) is 14.0. The van der Waals surface area contributed by atoms with Crippen molar-refractivity contribution in [1.29, 1.82) is 0 Å². The zero-order valence-corrected chi connectivity index (χ0v) is 20.5. The van der Waals surface area contributed by atoms with Gasteiger partial charge in [0.1, 0.15) is 6.10 Å². The fraction of sp³-hybridized carbons (Fsp3) is 0.857. The van der Waals surface area contributed by atoms with E-state index >= 15 is 0 Å². The van der Waals surface area contributed by atoms with E-state index in [0.717, 1.165) is 50.9 Å². The van der Waals surface area contributed by atoms with Crippen molar-refractivity contribution < 1.29 is 14.3 Å².